The molecule has 2 aromatic rings. The molecule has 2 heterocycles. The molecular weight excluding hydrogens is 224 g/mol. The molecule has 3 rings (SSSR count). The van der Waals surface area contributed by atoms with Gasteiger partial charge in [0.1, 0.15) is 18.3 Å². The molecule has 0 radical (unpaired) electrons. The van der Waals surface area contributed by atoms with Crippen molar-refractivity contribution >= 4 is 5.90 Å². The highest BCUT2D eigenvalue weighted by Crippen LogP contribution is 2.24. The Balaban J connectivity index is 1.88. The van der Waals surface area contributed by atoms with Crippen molar-refractivity contribution < 1.29 is 4.74 Å². The molecule has 18 heavy (non-hydrogen) atoms. The maximum atomic E-state index is 5.65. The number of hydrogen-bond donors (Lipinski definition) is 0. The summed E-state index contributed by atoms with van der Waals surface area (Å²) in [5.41, 5.74) is 2.97. The third-order valence-corrected chi connectivity index (χ3v) is 2.94. The van der Waals surface area contributed by atoms with Gasteiger partial charge in [0.2, 0.25) is 5.90 Å². The van der Waals surface area contributed by atoms with Gasteiger partial charge in [-0.3, -0.25) is 0 Å². The molecule has 1 aliphatic heterocycles. The number of hydrogen-bond acceptors (Lipinski definition) is 3. The molecule has 0 aliphatic carbocycles. The third-order valence-electron chi connectivity index (χ3n) is 2.94. The number of aliphatic imine (C=N–C) groups is 1. The Morgan fingerprint density at radius 3 is 2.67 bits per heavy atom. The van der Waals surface area contributed by atoms with Gasteiger partial charge in [0, 0.05) is 5.69 Å². The molecule has 0 saturated carbocycles. The van der Waals surface area contributed by atoms with E-state index in [-0.39, 0.29) is 6.04 Å². The number of rotatable bonds is 2. The van der Waals surface area contributed by atoms with Crippen molar-refractivity contribution in [3.05, 3.63) is 65.5 Å². The van der Waals surface area contributed by atoms with Crippen LogP contribution >= 0.6 is 0 Å². The number of aromatic nitrogens is 1. The molecule has 90 valence electrons. The number of aryl methyl sites for hydroxylation is 1. The SMILES string of the molecule is Cc1cccc(C2=N[C@H](c3ccccc3)CO2)n1. The fraction of sp³-hybridized carbons (Fsp3) is 0.200. The molecule has 3 heteroatoms. The number of ether oxygens (including phenoxy) is 1. The molecule has 1 aromatic heterocycles. The van der Waals surface area contributed by atoms with E-state index in [1.54, 1.807) is 0 Å². The predicted octanol–water partition coefficient (Wildman–Crippen LogP) is 2.91. The van der Waals surface area contributed by atoms with Gasteiger partial charge in [0.05, 0.1) is 0 Å². The van der Waals surface area contributed by atoms with Gasteiger partial charge in [-0.05, 0) is 24.6 Å². The first kappa shape index (κ1) is 11.0. The summed E-state index contributed by atoms with van der Waals surface area (Å²) in [6.07, 6.45) is 0. The Labute approximate surface area is 106 Å². The molecule has 0 bridgehead atoms. The molecule has 3 nitrogen and oxygen atoms in total. The third kappa shape index (κ3) is 2.12. The van der Waals surface area contributed by atoms with Gasteiger partial charge in [-0.2, -0.15) is 0 Å². The Morgan fingerprint density at radius 2 is 1.89 bits per heavy atom. The summed E-state index contributed by atoms with van der Waals surface area (Å²) in [4.78, 5) is 9.03. The molecule has 0 saturated heterocycles. The zero-order valence-corrected chi connectivity index (χ0v) is 10.2. The minimum atomic E-state index is 0.0866. The molecule has 0 unspecified atom stereocenters. The lowest BCUT2D eigenvalue weighted by atomic mass is 10.1. The molecular formula is C15H14N2O. The first-order valence-corrected chi connectivity index (χ1v) is 6.02. The average Bonchev–Trinajstić information content (AvgIpc) is 2.89. The summed E-state index contributed by atoms with van der Waals surface area (Å²) in [6.45, 7) is 2.56. The van der Waals surface area contributed by atoms with Crippen molar-refractivity contribution in [2.75, 3.05) is 6.61 Å². The van der Waals surface area contributed by atoms with Crippen LogP contribution in [0.4, 0.5) is 0 Å². The minimum Gasteiger partial charge on any atom is -0.474 e. The molecule has 1 atom stereocenters. The van der Waals surface area contributed by atoms with Crippen molar-refractivity contribution in [2.24, 2.45) is 4.99 Å². The maximum absolute atomic E-state index is 5.65. The fourth-order valence-electron chi connectivity index (χ4n) is 2.02. The van der Waals surface area contributed by atoms with Crippen LogP contribution in [0.15, 0.2) is 53.5 Å². The standard InChI is InChI=1S/C15H14N2O/c1-11-6-5-9-13(16-11)15-17-14(10-18-15)12-7-3-2-4-8-12/h2-9,14H,10H2,1H3/t14-/m0/s1. The van der Waals surface area contributed by atoms with E-state index in [0.29, 0.717) is 12.5 Å². The van der Waals surface area contributed by atoms with Gasteiger partial charge >= 0.3 is 0 Å². The molecule has 1 aliphatic rings. The molecule has 1 aromatic carbocycles. The summed E-state index contributed by atoms with van der Waals surface area (Å²) >= 11 is 0. The largest absolute Gasteiger partial charge is 0.474 e. The highest BCUT2D eigenvalue weighted by molar-refractivity contribution is 5.93. The summed E-state index contributed by atoms with van der Waals surface area (Å²) in [5, 5.41) is 0. The van der Waals surface area contributed by atoms with Crippen molar-refractivity contribution in [1.82, 2.24) is 4.98 Å². The smallest absolute Gasteiger partial charge is 0.236 e. The first-order chi connectivity index (χ1) is 8.83. The highest BCUT2D eigenvalue weighted by atomic mass is 16.5. The van der Waals surface area contributed by atoms with E-state index in [1.165, 1.54) is 5.56 Å². The van der Waals surface area contributed by atoms with Crippen LogP contribution < -0.4 is 0 Å². The Morgan fingerprint density at radius 1 is 1.06 bits per heavy atom. The van der Waals surface area contributed by atoms with Gasteiger partial charge in [-0.15, -0.1) is 0 Å². The normalized spacial score (nSPS) is 18.3. The minimum absolute atomic E-state index is 0.0866. The Hall–Kier alpha value is -2.16. The van der Waals surface area contributed by atoms with Crippen LogP contribution in [0.3, 0.4) is 0 Å². The van der Waals surface area contributed by atoms with E-state index in [1.807, 2.05) is 43.3 Å². The first-order valence-electron chi connectivity index (χ1n) is 6.02. The van der Waals surface area contributed by atoms with Gasteiger partial charge in [0.15, 0.2) is 0 Å². The van der Waals surface area contributed by atoms with Crippen LogP contribution in [-0.4, -0.2) is 17.5 Å². The average molecular weight is 238 g/mol. The van der Waals surface area contributed by atoms with E-state index < -0.39 is 0 Å². The maximum Gasteiger partial charge on any atom is 0.236 e. The second kappa shape index (κ2) is 4.61. The van der Waals surface area contributed by atoms with Crippen LogP contribution in [0, 0.1) is 6.92 Å². The van der Waals surface area contributed by atoms with Crippen LogP contribution in [0.2, 0.25) is 0 Å². The monoisotopic (exact) mass is 238 g/mol. The molecule has 0 amide bonds. The topological polar surface area (TPSA) is 34.5 Å². The lowest BCUT2D eigenvalue weighted by Gasteiger charge is -2.03. The lowest BCUT2D eigenvalue weighted by Crippen LogP contribution is -2.04. The Bertz CT molecular complexity index is 578. The van der Waals surface area contributed by atoms with E-state index in [9.17, 15) is 0 Å². The second-order valence-corrected chi connectivity index (χ2v) is 4.34. The summed E-state index contributed by atoms with van der Waals surface area (Å²) in [5.74, 6) is 0.646. The van der Waals surface area contributed by atoms with Crippen molar-refractivity contribution in [3.8, 4) is 0 Å². The lowest BCUT2D eigenvalue weighted by molar-refractivity contribution is 0.319. The summed E-state index contributed by atoms with van der Waals surface area (Å²) in [6, 6.07) is 16.2. The number of pyridine rings is 1. The van der Waals surface area contributed by atoms with E-state index in [0.717, 1.165) is 11.4 Å². The number of nitrogens with zero attached hydrogens (tertiary/aromatic N) is 2. The quantitative estimate of drug-likeness (QED) is 0.806. The summed E-state index contributed by atoms with van der Waals surface area (Å²) in [7, 11) is 0. The predicted molar refractivity (Wildman–Crippen MR) is 70.6 cm³/mol. The van der Waals surface area contributed by atoms with Gasteiger partial charge in [-0.25, -0.2) is 9.98 Å². The Kier molecular flexibility index (Phi) is 2.81. The van der Waals surface area contributed by atoms with Crippen molar-refractivity contribution in [2.45, 2.75) is 13.0 Å². The van der Waals surface area contributed by atoms with Gasteiger partial charge < -0.3 is 4.74 Å². The molecule has 0 spiro atoms. The zero-order valence-electron chi connectivity index (χ0n) is 10.2. The fourth-order valence-corrected chi connectivity index (χ4v) is 2.02. The molecule has 0 N–H and O–H groups in total. The highest BCUT2D eigenvalue weighted by Gasteiger charge is 2.22. The van der Waals surface area contributed by atoms with Crippen LogP contribution in [0.1, 0.15) is 23.0 Å². The van der Waals surface area contributed by atoms with Crippen LogP contribution in [-0.2, 0) is 4.74 Å². The number of benzene rings is 1. The van der Waals surface area contributed by atoms with Crippen molar-refractivity contribution in [1.29, 1.82) is 0 Å². The van der Waals surface area contributed by atoms with Crippen molar-refractivity contribution in [3.63, 3.8) is 0 Å². The molecule has 0 fully saturated rings. The van der Waals surface area contributed by atoms with Crippen LogP contribution in [0.25, 0.3) is 0 Å². The summed E-state index contributed by atoms with van der Waals surface area (Å²) < 4.78 is 5.65. The van der Waals surface area contributed by atoms with E-state index in [2.05, 4.69) is 22.1 Å². The zero-order chi connectivity index (χ0) is 12.4. The second-order valence-electron chi connectivity index (χ2n) is 4.34. The van der Waals surface area contributed by atoms with Crippen LogP contribution in [0.5, 0.6) is 0 Å². The van der Waals surface area contributed by atoms with E-state index >= 15 is 0 Å². The van der Waals surface area contributed by atoms with Gasteiger partial charge in [-0.1, -0.05) is 36.4 Å². The van der Waals surface area contributed by atoms with Gasteiger partial charge in [0.25, 0.3) is 0 Å². The van der Waals surface area contributed by atoms with E-state index in [4.69, 9.17) is 4.74 Å².